The molecule has 0 aliphatic heterocycles. The van der Waals surface area contributed by atoms with E-state index >= 15 is 0 Å². The molecule has 1 aromatic carbocycles. The van der Waals surface area contributed by atoms with Crippen LogP contribution < -0.4 is 4.90 Å². The fraction of sp³-hybridized carbons (Fsp3) is 0.154. The molecule has 1 aromatic heterocycles. The fourth-order valence-corrected chi connectivity index (χ4v) is 1.70. The third-order valence-corrected chi connectivity index (χ3v) is 2.58. The zero-order valence-corrected chi connectivity index (χ0v) is 10.2. The van der Waals surface area contributed by atoms with Gasteiger partial charge >= 0.3 is 5.97 Å². The predicted molar refractivity (Wildman–Crippen MR) is 68.1 cm³/mol. The number of hydrogen-bond donors (Lipinski definition) is 1. The smallest absolute Gasteiger partial charge is 0.356 e. The lowest BCUT2D eigenvalue weighted by atomic mass is 10.2. The Hall–Kier alpha value is -2.50. The minimum Gasteiger partial charge on any atom is -0.476 e. The lowest BCUT2D eigenvalue weighted by molar-refractivity contribution is 0.0689. The molecular formula is C13H12FN3O2. The molecule has 98 valence electrons. The van der Waals surface area contributed by atoms with Gasteiger partial charge in [-0.15, -0.1) is 10.2 Å². The molecule has 0 radical (unpaired) electrons. The molecule has 0 aliphatic carbocycles. The van der Waals surface area contributed by atoms with Gasteiger partial charge in [0.2, 0.25) is 0 Å². The third kappa shape index (κ3) is 2.85. The van der Waals surface area contributed by atoms with Gasteiger partial charge in [0.25, 0.3) is 0 Å². The summed E-state index contributed by atoms with van der Waals surface area (Å²) in [5, 5.41) is 16.2. The summed E-state index contributed by atoms with van der Waals surface area (Å²) in [4.78, 5) is 12.4. The minimum absolute atomic E-state index is 0.126. The molecule has 0 bridgehead atoms. The van der Waals surface area contributed by atoms with Gasteiger partial charge in [-0.2, -0.15) is 0 Å². The number of hydrogen-bond acceptors (Lipinski definition) is 4. The number of benzene rings is 1. The normalized spacial score (nSPS) is 10.2. The first kappa shape index (κ1) is 12.9. The quantitative estimate of drug-likeness (QED) is 0.915. The van der Waals surface area contributed by atoms with E-state index in [0.29, 0.717) is 18.1 Å². The molecule has 0 fully saturated rings. The second-order valence-electron chi connectivity index (χ2n) is 3.81. The molecule has 0 unspecified atom stereocenters. The molecule has 5 nitrogen and oxygen atoms in total. The summed E-state index contributed by atoms with van der Waals surface area (Å²) >= 11 is 0. The highest BCUT2D eigenvalue weighted by Gasteiger charge is 2.11. The van der Waals surface area contributed by atoms with Crippen LogP contribution in [0.4, 0.5) is 15.9 Å². The number of nitrogens with zero attached hydrogens (tertiary/aromatic N) is 3. The van der Waals surface area contributed by atoms with Gasteiger partial charge in [0, 0.05) is 12.2 Å². The zero-order valence-electron chi connectivity index (χ0n) is 10.2. The van der Waals surface area contributed by atoms with Crippen LogP contribution in [-0.4, -0.2) is 27.8 Å². The molecule has 0 aliphatic rings. The van der Waals surface area contributed by atoms with E-state index in [4.69, 9.17) is 5.11 Å². The van der Waals surface area contributed by atoms with Crippen LogP contribution in [0.25, 0.3) is 0 Å². The molecule has 19 heavy (non-hydrogen) atoms. The number of rotatable bonds is 4. The maximum Gasteiger partial charge on any atom is 0.356 e. The number of carboxylic acid groups (broad SMARTS) is 1. The summed E-state index contributed by atoms with van der Waals surface area (Å²) in [5.41, 5.74) is 0.513. The molecule has 1 heterocycles. The SMILES string of the molecule is CCN(c1cccc(F)c1)c1ccc(C(=O)O)nn1. The van der Waals surface area contributed by atoms with Gasteiger partial charge in [0.1, 0.15) is 5.82 Å². The number of aromatic carboxylic acids is 1. The van der Waals surface area contributed by atoms with Crippen molar-refractivity contribution in [3.05, 3.63) is 47.9 Å². The van der Waals surface area contributed by atoms with Gasteiger partial charge in [-0.3, -0.25) is 0 Å². The van der Waals surface area contributed by atoms with Gasteiger partial charge in [0.15, 0.2) is 11.5 Å². The number of carboxylic acids is 1. The maximum absolute atomic E-state index is 13.2. The second kappa shape index (κ2) is 5.43. The van der Waals surface area contributed by atoms with Crippen molar-refractivity contribution in [1.82, 2.24) is 10.2 Å². The monoisotopic (exact) mass is 261 g/mol. The molecule has 6 heteroatoms. The Morgan fingerprint density at radius 2 is 2.11 bits per heavy atom. The van der Waals surface area contributed by atoms with Crippen LogP contribution in [0.5, 0.6) is 0 Å². The van der Waals surface area contributed by atoms with Gasteiger partial charge < -0.3 is 10.0 Å². The second-order valence-corrected chi connectivity index (χ2v) is 3.81. The molecule has 2 aromatic rings. The summed E-state index contributed by atoms with van der Waals surface area (Å²) in [7, 11) is 0. The highest BCUT2D eigenvalue weighted by Crippen LogP contribution is 2.23. The third-order valence-electron chi connectivity index (χ3n) is 2.58. The van der Waals surface area contributed by atoms with Crippen molar-refractivity contribution in [2.24, 2.45) is 0 Å². The predicted octanol–water partition coefficient (Wildman–Crippen LogP) is 2.47. The van der Waals surface area contributed by atoms with E-state index < -0.39 is 5.97 Å². The van der Waals surface area contributed by atoms with Gasteiger partial charge in [-0.05, 0) is 37.3 Å². The van der Waals surface area contributed by atoms with Crippen molar-refractivity contribution in [3.8, 4) is 0 Å². The van der Waals surface area contributed by atoms with Crippen LogP contribution >= 0.6 is 0 Å². The van der Waals surface area contributed by atoms with E-state index in [9.17, 15) is 9.18 Å². The summed E-state index contributed by atoms with van der Waals surface area (Å²) < 4.78 is 13.2. The van der Waals surface area contributed by atoms with Gasteiger partial charge in [-0.25, -0.2) is 9.18 Å². The lowest BCUT2D eigenvalue weighted by Crippen LogP contribution is -2.18. The molecule has 0 amide bonds. The Balaban J connectivity index is 2.34. The van der Waals surface area contributed by atoms with Crippen molar-refractivity contribution in [3.63, 3.8) is 0 Å². The molecule has 0 saturated carbocycles. The summed E-state index contributed by atoms with van der Waals surface area (Å²) in [6, 6.07) is 9.01. The Morgan fingerprint density at radius 1 is 1.32 bits per heavy atom. The lowest BCUT2D eigenvalue weighted by Gasteiger charge is -2.21. The van der Waals surface area contributed by atoms with Crippen molar-refractivity contribution in [2.45, 2.75) is 6.92 Å². The van der Waals surface area contributed by atoms with Crippen molar-refractivity contribution < 1.29 is 14.3 Å². The van der Waals surface area contributed by atoms with Gasteiger partial charge in [0.05, 0.1) is 0 Å². The number of anilines is 2. The van der Waals surface area contributed by atoms with Crippen LogP contribution in [-0.2, 0) is 0 Å². The Labute approximate surface area is 109 Å². The average Bonchev–Trinajstić information content (AvgIpc) is 2.40. The first-order chi connectivity index (χ1) is 9.11. The first-order valence-corrected chi connectivity index (χ1v) is 5.72. The van der Waals surface area contributed by atoms with E-state index in [1.807, 2.05) is 6.92 Å². The minimum atomic E-state index is -1.13. The largest absolute Gasteiger partial charge is 0.476 e. The number of halogens is 1. The van der Waals surface area contributed by atoms with E-state index in [2.05, 4.69) is 10.2 Å². The molecule has 0 saturated heterocycles. The van der Waals surface area contributed by atoms with Crippen molar-refractivity contribution >= 4 is 17.5 Å². The van der Waals surface area contributed by atoms with Crippen LogP contribution in [0, 0.1) is 5.82 Å². The van der Waals surface area contributed by atoms with Crippen LogP contribution in [0.2, 0.25) is 0 Å². The topological polar surface area (TPSA) is 66.3 Å². The Morgan fingerprint density at radius 3 is 2.63 bits per heavy atom. The van der Waals surface area contributed by atoms with E-state index in [1.165, 1.54) is 18.2 Å². The summed E-state index contributed by atoms with van der Waals surface area (Å²) in [5.74, 6) is -1.00. The number of aromatic nitrogens is 2. The van der Waals surface area contributed by atoms with Crippen molar-refractivity contribution in [2.75, 3.05) is 11.4 Å². The Kier molecular flexibility index (Phi) is 3.70. The van der Waals surface area contributed by atoms with Crippen LogP contribution in [0.1, 0.15) is 17.4 Å². The summed E-state index contributed by atoms with van der Waals surface area (Å²) in [6.07, 6.45) is 0. The zero-order chi connectivity index (χ0) is 13.8. The maximum atomic E-state index is 13.2. The van der Waals surface area contributed by atoms with E-state index in [-0.39, 0.29) is 11.5 Å². The summed E-state index contributed by atoms with van der Waals surface area (Å²) in [6.45, 7) is 2.45. The molecule has 1 N–H and O–H groups in total. The highest BCUT2D eigenvalue weighted by molar-refractivity contribution is 5.85. The van der Waals surface area contributed by atoms with E-state index in [0.717, 1.165) is 0 Å². The standard InChI is InChI=1S/C13H12FN3O2/c1-2-17(10-5-3-4-9(14)8-10)12-7-6-11(13(18)19)15-16-12/h3-8H,2H2,1H3,(H,18,19). The van der Waals surface area contributed by atoms with Crippen LogP contribution in [0.15, 0.2) is 36.4 Å². The molecule has 2 rings (SSSR count). The molecule has 0 spiro atoms. The molecule has 0 atom stereocenters. The van der Waals surface area contributed by atoms with E-state index in [1.54, 1.807) is 23.1 Å². The molecular weight excluding hydrogens is 249 g/mol. The number of carbonyl (C=O) groups is 1. The average molecular weight is 261 g/mol. The van der Waals surface area contributed by atoms with Crippen LogP contribution in [0.3, 0.4) is 0 Å². The Bertz CT molecular complexity index is 587. The fourth-order valence-electron chi connectivity index (χ4n) is 1.70. The first-order valence-electron chi connectivity index (χ1n) is 5.72. The van der Waals surface area contributed by atoms with Gasteiger partial charge in [-0.1, -0.05) is 6.07 Å². The highest BCUT2D eigenvalue weighted by atomic mass is 19.1. The van der Waals surface area contributed by atoms with Crippen molar-refractivity contribution in [1.29, 1.82) is 0 Å².